The molecular weight excluding hydrogens is 312 g/mol. The van der Waals surface area contributed by atoms with Gasteiger partial charge in [0.2, 0.25) is 0 Å². The Kier molecular flexibility index (Phi) is 3.30. The van der Waals surface area contributed by atoms with Crippen LogP contribution in [0.2, 0.25) is 0 Å². The molecule has 0 N–H and O–H groups in total. The highest BCUT2D eigenvalue weighted by atomic mass is 19.1. The second kappa shape index (κ2) is 5.49. The predicted octanol–water partition coefficient (Wildman–Crippen LogP) is 2.86. The Labute approximate surface area is 135 Å². The molecule has 4 nitrogen and oxygen atoms in total. The Morgan fingerprint density at radius 1 is 1.00 bits per heavy atom. The summed E-state index contributed by atoms with van der Waals surface area (Å²) < 4.78 is 29.8. The maximum Gasteiger partial charge on any atom is 0.272 e. The zero-order valence-electron chi connectivity index (χ0n) is 12.4. The summed E-state index contributed by atoms with van der Waals surface area (Å²) >= 11 is 0. The molecule has 6 heteroatoms. The van der Waals surface area contributed by atoms with E-state index in [1.54, 1.807) is 35.0 Å². The lowest BCUT2D eigenvalue weighted by Crippen LogP contribution is -2.15. The van der Waals surface area contributed by atoms with Crippen LogP contribution < -0.4 is 5.56 Å². The number of halogens is 2. The van der Waals surface area contributed by atoms with E-state index in [0.29, 0.717) is 22.8 Å². The van der Waals surface area contributed by atoms with Crippen LogP contribution in [0.5, 0.6) is 0 Å². The van der Waals surface area contributed by atoms with Gasteiger partial charge in [0.25, 0.3) is 5.56 Å². The minimum atomic E-state index is -0.449. The van der Waals surface area contributed by atoms with Crippen LogP contribution in [0.1, 0.15) is 17.0 Å². The first-order valence-corrected chi connectivity index (χ1v) is 7.32. The van der Waals surface area contributed by atoms with Crippen molar-refractivity contribution in [3.05, 3.63) is 93.7 Å². The molecule has 0 aliphatic carbocycles. The zero-order valence-corrected chi connectivity index (χ0v) is 12.4. The molecule has 0 saturated carbocycles. The first-order valence-electron chi connectivity index (χ1n) is 7.32. The molecule has 2 heterocycles. The van der Waals surface area contributed by atoms with E-state index in [0.717, 1.165) is 0 Å². The van der Waals surface area contributed by atoms with Crippen LogP contribution in [0.15, 0.2) is 64.5 Å². The second-order valence-corrected chi connectivity index (χ2v) is 5.36. The number of hydrogen-bond donors (Lipinski definition) is 0. The van der Waals surface area contributed by atoms with Crippen LogP contribution in [-0.2, 0) is 6.54 Å². The Balaban J connectivity index is 2.03. The lowest BCUT2D eigenvalue weighted by molar-refractivity contribution is 0.623. The number of aromatic nitrogens is 2. The van der Waals surface area contributed by atoms with Crippen molar-refractivity contribution >= 4 is 5.71 Å². The van der Waals surface area contributed by atoms with Gasteiger partial charge in [-0.2, -0.15) is 4.98 Å². The monoisotopic (exact) mass is 323 g/mol. The molecule has 0 unspecified atom stereocenters. The third-order valence-corrected chi connectivity index (χ3v) is 3.86. The third-order valence-electron chi connectivity index (χ3n) is 3.86. The summed E-state index contributed by atoms with van der Waals surface area (Å²) in [5.41, 5.74) is 1.28. The van der Waals surface area contributed by atoms with Gasteiger partial charge in [-0.1, -0.05) is 12.1 Å². The molecule has 0 fully saturated rings. The minimum Gasteiger partial charge on any atom is -0.303 e. The van der Waals surface area contributed by atoms with Crippen LogP contribution in [0.25, 0.3) is 5.69 Å². The van der Waals surface area contributed by atoms with Crippen LogP contribution in [0.3, 0.4) is 0 Å². The van der Waals surface area contributed by atoms with Crippen molar-refractivity contribution in [3.63, 3.8) is 0 Å². The van der Waals surface area contributed by atoms with Gasteiger partial charge in [0.1, 0.15) is 17.5 Å². The lowest BCUT2D eigenvalue weighted by Gasteiger charge is -2.13. The molecule has 1 aliphatic rings. The Morgan fingerprint density at radius 3 is 2.67 bits per heavy atom. The van der Waals surface area contributed by atoms with Gasteiger partial charge in [0.15, 0.2) is 0 Å². The van der Waals surface area contributed by atoms with Gasteiger partial charge in [0.05, 0.1) is 17.9 Å². The summed E-state index contributed by atoms with van der Waals surface area (Å²) in [6, 6.07) is 11.7. The van der Waals surface area contributed by atoms with Gasteiger partial charge in [-0.3, -0.25) is 9.79 Å². The SMILES string of the molecule is O=c1ccn2c(n1)CN=C(c1ccccc1F)c1cc(F)ccc1-2. The highest BCUT2D eigenvalue weighted by molar-refractivity contribution is 6.15. The van der Waals surface area contributed by atoms with Gasteiger partial charge in [-0.15, -0.1) is 0 Å². The molecule has 24 heavy (non-hydrogen) atoms. The number of aliphatic imine (C=N–C) groups is 1. The number of rotatable bonds is 1. The molecule has 1 aromatic heterocycles. The molecule has 1 aliphatic heterocycles. The van der Waals surface area contributed by atoms with Crippen molar-refractivity contribution in [3.8, 4) is 5.69 Å². The molecule has 4 rings (SSSR count). The maximum absolute atomic E-state index is 14.2. The van der Waals surface area contributed by atoms with Crippen LogP contribution in [-0.4, -0.2) is 15.3 Å². The zero-order chi connectivity index (χ0) is 16.7. The van der Waals surface area contributed by atoms with Crippen LogP contribution in [0, 0.1) is 11.6 Å². The molecule has 0 spiro atoms. The number of fused-ring (bicyclic) bond motifs is 3. The molecule has 0 bridgehead atoms. The largest absolute Gasteiger partial charge is 0.303 e. The molecule has 0 radical (unpaired) electrons. The van der Waals surface area contributed by atoms with Crippen molar-refractivity contribution in [2.45, 2.75) is 6.54 Å². The van der Waals surface area contributed by atoms with Gasteiger partial charge in [-0.05, 0) is 30.3 Å². The molecule has 0 amide bonds. The van der Waals surface area contributed by atoms with Crippen LogP contribution in [0.4, 0.5) is 8.78 Å². The van der Waals surface area contributed by atoms with E-state index in [9.17, 15) is 13.6 Å². The Hall–Kier alpha value is -3.15. The van der Waals surface area contributed by atoms with Crippen molar-refractivity contribution in [2.24, 2.45) is 4.99 Å². The number of hydrogen-bond acceptors (Lipinski definition) is 3. The summed E-state index contributed by atoms with van der Waals surface area (Å²) in [5, 5.41) is 0. The average Bonchev–Trinajstić information content (AvgIpc) is 2.72. The van der Waals surface area contributed by atoms with Crippen molar-refractivity contribution in [1.82, 2.24) is 9.55 Å². The van der Waals surface area contributed by atoms with E-state index < -0.39 is 11.6 Å². The quantitative estimate of drug-likeness (QED) is 0.691. The molecule has 2 aromatic carbocycles. The standard InChI is InChI=1S/C18H11F2N3O/c19-11-5-6-15-13(9-11)18(12-3-1-2-4-14(12)20)21-10-16-22-17(24)7-8-23(15)16/h1-9H,10H2. The topological polar surface area (TPSA) is 47.2 Å². The molecular formula is C18H11F2N3O. The summed E-state index contributed by atoms with van der Waals surface area (Å²) in [7, 11) is 0. The Bertz CT molecular complexity index is 1040. The number of nitrogens with zero attached hydrogens (tertiary/aromatic N) is 3. The van der Waals surface area contributed by atoms with Crippen molar-refractivity contribution in [1.29, 1.82) is 0 Å². The highest BCUT2D eigenvalue weighted by Crippen LogP contribution is 2.25. The van der Waals surface area contributed by atoms with Gasteiger partial charge < -0.3 is 4.57 Å². The number of benzene rings is 2. The molecule has 0 saturated heterocycles. The van der Waals surface area contributed by atoms with Gasteiger partial charge >= 0.3 is 0 Å². The highest BCUT2D eigenvalue weighted by Gasteiger charge is 2.21. The second-order valence-electron chi connectivity index (χ2n) is 5.36. The van der Waals surface area contributed by atoms with E-state index in [1.807, 2.05) is 0 Å². The van der Waals surface area contributed by atoms with E-state index in [4.69, 9.17) is 0 Å². The van der Waals surface area contributed by atoms with E-state index in [2.05, 4.69) is 9.98 Å². The third kappa shape index (κ3) is 2.32. The van der Waals surface area contributed by atoms with Crippen molar-refractivity contribution < 1.29 is 8.78 Å². The fraction of sp³-hybridized carbons (Fsp3) is 0.0556. The first kappa shape index (κ1) is 14.4. The normalized spacial score (nSPS) is 12.8. The minimum absolute atomic E-state index is 0.0933. The van der Waals surface area contributed by atoms with Crippen molar-refractivity contribution in [2.75, 3.05) is 0 Å². The molecule has 3 aromatic rings. The summed E-state index contributed by atoms with van der Waals surface area (Å²) in [6.07, 6.45) is 1.57. The molecule has 118 valence electrons. The first-order chi connectivity index (χ1) is 11.6. The fourth-order valence-corrected chi connectivity index (χ4v) is 2.80. The lowest BCUT2D eigenvalue weighted by atomic mass is 10.00. The smallest absolute Gasteiger partial charge is 0.272 e. The summed E-state index contributed by atoms with van der Waals surface area (Å²) in [5.74, 6) is -0.475. The van der Waals surface area contributed by atoms with E-state index in [-0.39, 0.29) is 17.7 Å². The Morgan fingerprint density at radius 2 is 1.83 bits per heavy atom. The average molecular weight is 323 g/mol. The predicted molar refractivity (Wildman–Crippen MR) is 85.5 cm³/mol. The van der Waals surface area contributed by atoms with E-state index in [1.165, 1.54) is 24.3 Å². The van der Waals surface area contributed by atoms with Gasteiger partial charge in [-0.25, -0.2) is 8.78 Å². The molecule has 0 atom stereocenters. The summed E-state index contributed by atoms with van der Waals surface area (Å²) in [6.45, 7) is 0.0933. The fourth-order valence-electron chi connectivity index (χ4n) is 2.80. The summed E-state index contributed by atoms with van der Waals surface area (Å²) in [4.78, 5) is 19.9. The maximum atomic E-state index is 14.2. The van der Waals surface area contributed by atoms with Crippen LogP contribution >= 0.6 is 0 Å². The van der Waals surface area contributed by atoms with E-state index >= 15 is 0 Å². The van der Waals surface area contributed by atoms with Gasteiger partial charge in [0, 0.05) is 23.4 Å².